The summed E-state index contributed by atoms with van der Waals surface area (Å²) in [5.41, 5.74) is 1.02. The summed E-state index contributed by atoms with van der Waals surface area (Å²) in [4.78, 5) is 18.9. The third kappa shape index (κ3) is 2.89. The van der Waals surface area contributed by atoms with Gasteiger partial charge in [0.05, 0.1) is 6.61 Å². The second-order valence-electron chi connectivity index (χ2n) is 3.47. The molecule has 18 heavy (non-hydrogen) atoms. The van der Waals surface area contributed by atoms with Gasteiger partial charge in [-0.15, -0.1) is 0 Å². The lowest BCUT2D eigenvalue weighted by molar-refractivity contribution is 0.102. The minimum absolute atomic E-state index is 0.241. The van der Waals surface area contributed by atoms with Gasteiger partial charge in [0.1, 0.15) is 11.4 Å². The van der Waals surface area contributed by atoms with Gasteiger partial charge >= 0.3 is 0 Å². The minimum Gasteiger partial charge on any atom is -0.476 e. The molecule has 2 aromatic rings. The highest BCUT2D eigenvalue weighted by Crippen LogP contribution is 2.21. The zero-order valence-corrected chi connectivity index (χ0v) is 11.3. The highest BCUT2D eigenvalue weighted by atomic mass is 79.9. The number of H-pyrrole nitrogens is 1. The molecule has 2 aromatic heterocycles. The summed E-state index contributed by atoms with van der Waals surface area (Å²) in [7, 11) is 0. The number of pyridine rings is 1. The summed E-state index contributed by atoms with van der Waals surface area (Å²) in [5.74, 6) is 0.175. The Morgan fingerprint density at radius 1 is 1.61 bits per heavy atom. The third-order valence-electron chi connectivity index (χ3n) is 2.19. The van der Waals surface area contributed by atoms with E-state index >= 15 is 0 Å². The molecule has 0 aliphatic heterocycles. The minimum atomic E-state index is -0.241. The molecule has 0 fully saturated rings. The fourth-order valence-electron chi connectivity index (χ4n) is 1.43. The molecule has 0 bridgehead atoms. The standard InChI is InChI=1S/C12H12BrN3O2/c1-2-18-12-9(4-3-5-14-12)16-11(17)10-6-8(13)7-15-10/h3-7,15H,2H2,1H3,(H,16,17). The van der Waals surface area contributed by atoms with E-state index in [0.717, 1.165) is 4.47 Å². The monoisotopic (exact) mass is 309 g/mol. The van der Waals surface area contributed by atoms with Crippen LogP contribution in [0.3, 0.4) is 0 Å². The highest BCUT2D eigenvalue weighted by molar-refractivity contribution is 9.10. The van der Waals surface area contributed by atoms with E-state index in [1.165, 1.54) is 0 Å². The number of carbonyl (C=O) groups is 1. The number of rotatable bonds is 4. The van der Waals surface area contributed by atoms with E-state index in [1.54, 1.807) is 30.6 Å². The van der Waals surface area contributed by atoms with E-state index in [-0.39, 0.29) is 5.91 Å². The van der Waals surface area contributed by atoms with Crippen molar-refractivity contribution in [3.05, 3.63) is 40.8 Å². The number of anilines is 1. The number of hydrogen-bond donors (Lipinski definition) is 2. The van der Waals surface area contributed by atoms with Crippen LogP contribution in [-0.4, -0.2) is 22.5 Å². The quantitative estimate of drug-likeness (QED) is 0.912. The molecule has 1 amide bonds. The molecule has 2 N–H and O–H groups in total. The van der Waals surface area contributed by atoms with Crippen LogP contribution >= 0.6 is 15.9 Å². The molecular formula is C12H12BrN3O2. The maximum absolute atomic E-state index is 11.9. The summed E-state index contributed by atoms with van der Waals surface area (Å²) in [6.45, 7) is 2.36. The van der Waals surface area contributed by atoms with Crippen LogP contribution < -0.4 is 10.1 Å². The normalized spacial score (nSPS) is 10.1. The molecule has 0 atom stereocenters. The molecule has 0 saturated carbocycles. The van der Waals surface area contributed by atoms with Gasteiger partial charge in [0, 0.05) is 16.9 Å². The Hall–Kier alpha value is -1.82. The molecule has 0 unspecified atom stereocenters. The van der Waals surface area contributed by atoms with Crippen LogP contribution in [0.5, 0.6) is 5.88 Å². The first-order valence-electron chi connectivity index (χ1n) is 5.43. The lowest BCUT2D eigenvalue weighted by Crippen LogP contribution is -2.13. The van der Waals surface area contributed by atoms with E-state index in [9.17, 15) is 4.79 Å². The number of aromatic amines is 1. The summed E-state index contributed by atoms with van der Waals surface area (Å²) in [6.07, 6.45) is 3.31. The van der Waals surface area contributed by atoms with Gasteiger partial charge in [-0.05, 0) is 41.1 Å². The first kappa shape index (κ1) is 12.6. The zero-order valence-electron chi connectivity index (χ0n) is 9.74. The predicted molar refractivity (Wildman–Crippen MR) is 71.9 cm³/mol. The lowest BCUT2D eigenvalue weighted by Gasteiger charge is -2.09. The van der Waals surface area contributed by atoms with Gasteiger partial charge in [0.25, 0.3) is 5.91 Å². The van der Waals surface area contributed by atoms with Gasteiger partial charge in [0.2, 0.25) is 5.88 Å². The first-order valence-corrected chi connectivity index (χ1v) is 6.23. The van der Waals surface area contributed by atoms with Gasteiger partial charge in [-0.2, -0.15) is 0 Å². The van der Waals surface area contributed by atoms with E-state index in [0.29, 0.717) is 23.9 Å². The molecule has 2 rings (SSSR count). The average Bonchev–Trinajstić information content (AvgIpc) is 2.79. The smallest absolute Gasteiger partial charge is 0.272 e. The van der Waals surface area contributed by atoms with E-state index in [1.807, 2.05) is 6.92 Å². The Labute approximate surface area is 113 Å². The lowest BCUT2D eigenvalue weighted by atomic mass is 10.3. The van der Waals surface area contributed by atoms with E-state index in [2.05, 4.69) is 31.2 Å². The molecule has 0 aliphatic carbocycles. The SMILES string of the molecule is CCOc1ncccc1NC(=O)c1cc(Br)c[nH]1. The topological polar surface area (TPSA) is 67.0 Å². The Balaban J connectivity index is 2.16. The van der Waals surface area contributed by atoms with Crippen LogP contribution in [0.25, 0.3) is 0 Å². The highest BCUT2D eigenvalue weighted by Gasteiger charge is 2.11. The Morgan fingerprint density at radius 3 is 3.11 bits per heavy atom. The molecule has 94 valence electrons. The molecule has 0 aliphatic rings. The van der Waals surface area contributed by atoms with Gasteiger partial charge in [0.15, 0.2) is 0 Å². The number of carbonyl (C=O) groups excluding carboxylic acids is 1. The third-order valence-corrected chi connectivity index (χ3v) is 2.65. The van der Waals surface area contributed by atoms with E-state index < -0.39 is 0 Å². The van der Waals surface area contributed by atoms with Crippen LogP contribution in [0, 0.1) is 0 Å². The molecule has 0 saturated heterocycles. The van der Waals surface area contributed by atoms with Crippen molar-refractivity contribution in [2.24, 2.45) is 0 Å². The molecule has 0 spiro atoms. The fraction of sp³-hybridized carbons (Fsp3) is 0.167. The summed E-state index contributed by atoms with van der Waals surface area (Å²) in [5, 5.41) is 2.75. The number of ether oxygens (including phenoxy) is 1. The molecule has 0 radical (unpaired) electrons. The number of nitrogens with zero attached hydrogens (tertiary/aromatic N) is 1. The van der Waals surface area contributed by atoms with Crippen LogP contribution in [0.1, 0.15) is 17.4 Å². The molecule has 0 aromatic carbocycles. The van der Waals surface area contributed by atoms with Crippen molar-refractivity contribution in [2.45, 2.75) is 6.92 Å². The van der Waals surface area contributed by atoms with Crippen LogP contribution in [0.15, 0.2) is 35.1 Å². The van der Waals surface area contributed by atoms with Crippen molar-refractivity contribution in [1.29, 1.82) is 0 Å². The van der Waals surface area contributed by atoms with Crippen molar-refractivity contribution < 1.29 is 9.53 Å². The summed E-state index contributed by atoms with van der Waals surface area (Å²) in [6, 6.07) is 5.18. The molecule has 6 heteroatoms. The van der Waals surface area contributed by atoms with Crippen LogP contribution in [0.4, 0.5) is 5.69 Å². The average molecular weight is 310 g/mol. The Kier molecular flexibility index (Phi) is 3.99. The van der Waals surface area contributed by atoms with Crippen molar-refractivity contribution in [3.63, 3.8) is 0 Å². The summed E-state index contributed by atoms with van der Waals surface area (Å²) >= 11 is 3.28. The van der Waals surface area contributed by atoms with Gasteiger partial charge in [-0.25, -0.2) is 4.98 Å². The Morgan fingerprint density at radius 2 is 2.44 bits per heavy atom. The number of hydrogen-bond acceptors (Lipinski definition) is 3. The predicted octanol–water partition coefficient (Wildman–Crippen LogP) is 2.82. The molecule has 5 nitrogen and oxygen atoms in total. The molecular weight excluding hydrogens is 298 g/mol. The van der Waals surface area contributed by atoms with Crippen molar-refractivity contribution in [2.75, 3.05) is 11.9 Å². The van der Waals surface area contributed by atoms with Crippen molar-refractivity contribution >= 4 is 27.5 Å². The number of nitrogens with one attached hydrogen (secondary N) is 2. The second-order valence-corrected chi connectivity index (χ2v) is 4.39. The van der Waals surface area contributed by atoms with Gasteiger partial charge in [-0.1, -0.05) is 0 Å². The maximum atomic E-state index is 11.9. The largest absolute Gasteiger partial charge is 0.476 e. The fourth-order valence-corrected chi connectivity index (χ4v) is 1.77. The molecule has 2 heterocycles. The zero-order chi connectivity index (χ0) is 13.0. The second kappa shape index (κ2) is 5.68. The van der Waals surface area contributed by atoms with E-state index in [4.69, 9.17) is 4.74 Å². The van der Waals surface area contributed by atoms with Crippen LogP contribution in [-0.2, 0) is 0 Å². The van der Waals surface area contributed by atoms with Crippen molar-refractivity contribution in [3.8, 4) is 5.88 Å². The Bertz CT molecular complexity index is 554. The number of aromatic nitrogens is 2. The number of halogens is 1. The van der Waals surface area contributed by atoms with Crippen LogP contribution in [0.2, 0.25) is 0 Å². The maximum Gasteiger partial charge on any atom is 0.272 e. The van der Waals surface area contributed by atoms with Gasteiger partial charge < -0.3 is 15.0 Å². The first-order chi connectivity index (χ1) is 8.70. The van der Waals surface area contributed by atoms with Gasteiger partial charge in [-0.3, -0.25) is 4.79 Å². The summed E-state index contributed by atoms with van der Waals surface area (Å²) < 4.78 is 6.16. The van der Waals surface area contributed by atoms with Crippen molar-refractivity contribution in [1.82, 2.24) is 9.97 Å². The number of amides is 1.